The van der Waals surface area contributed by atoms with E-state index in [1.807, 2.05) is 45.4 Å². The van der Waals surface area contributed by atoms with Crippen molar-refractivity contribution in [3.05, 3.63) is 48.6 Å². The SMILES string of the molecule is CCCCCCCC/C=C\CCCCCCCCCCCCCC(=O)OC[C@H](COP(=O)([O-])OCC[N+](C)(C)C)OC(=O)CCC/C=C\C[C@H]1C=CC(=O)[C@@H]1/C=C/[C@@H](O)CCCCC. The van der Waals surface area contributed by atoms with Crippen molar-refractivity contribution >= 4 is 25.5 Å². The van der Waals surface area contributed by atoms with Crippen LogP contribution in [0.25, 0.3) is 0 Å². The van der Waals surface area contributed by atoms with Crippen molar-refractivity contribution in [2.24, 2.45) is 11.8 Å². The number of quaternary nitrogens is 1. The van der Waals surface area contributed by atoms with E-state index in [2.05, 4.69) is 26.0 Å². The molecule has 0 heterocycles. The summed E-state index contributed by atoms with van der Waals surface area (Å²) in [5.74, 6) is -1.22. The van der Waals surface area contributed by atoms with E-state index >= 15 is 0 Å². The highest BCUT2D eigenvalue weighted by atomic mass is 31.2. The second kappa shape index (κ2) is 38.7. The van der Waals surface area contributed by atoms with Gasteiger partial charge in [-0.05, 0) is 69.8 Å². The Hall–Kier alpha value is -2.40. The predicted molar refractivity (Wildman–Crippen MR) is 258 cm³/mol. The number of allylic oxidation sites excluding steroid dienone is 7. The van der Waals surface area contributed by atoms with Crippen LogP contribution in [0.1, 0.15) is 194 Å². The first kappa shape index (κ1) is 59.6. The fourth-order valence-electron chi connectivity index (χ4n) is 7.46. The standard InChI is InChI=1S/C52H92NO10P/c1-6-8-10-11-12-13-14-15-16-17-18-19-20-21-22-23-24-25-26-27-32-36-51(56)60-44-48(45-62-64(58,59)61-43-42-53(3,4)5)63-52(57)37-33-29-28-31-34-46-38-41-50(55)49(46)40-39-47(54)35-30-9-7-2/h15-16,28,31,38-41,46-49,54H,6-14,17-27,29-30,32-37,42-45H2,1-5H3/b16-15-,31-28-,40-39+/t46-,47-,48+,49+/m0/s1. The summed E-state index contributed by atoms with van der Waals surface area (Å²) in [6.07, 6.45) is 43.4. The first-order chi connectivity index (χ1) is 30.8. The molecular formula is C52H92NO10P. The number of hydrogen-bond acceptors (Lipinski definition) is 10. The molecular weight excluding hydrogens is 830 g/mol. The zero-order chi connectivity index (χ0) is 47.2. The highest BCUT2D eigenvalue weighted by Gasteiger charge is 2.27. The molecule has 1 rings (SSSR count). The summed E-state index contributed by atoms with van der Waals surface area (Å²) in [5, 5.41) is 10.2. The van der Waals surface area contributed by atoms with Gasteiger partial charge in [0.2, 0.25) is 0 Å². The molecule has 0 amide bonds. The zero-order valence-electron chi connectivity index (χ0n) is 41.1. The van der Waals surface area contributed by atoms with Crippen LogP contribution in [-0.2, 0) is 37.5 Å². The Morgan fingerprint density at radius 3 is 1.86 bits per heavy atom. The Bertz CT molecular complexity index is 1370. The van der Waals surface area contributed by atoms with Crippen molar-refractivity contribution in [2.45, 2.75) is 206 Å². The number of phosphoric acid groups is 1. The van der Waals surface area contributed by atoms with E-state index in [4.69, 9.17) is 18.5 Å². The smallest absolute Gasteiger partial charge is 0.306 e. The number of aliphatic hydroxyl groups excluding tert-OH is 1. The summed E-state index contributed by atoms with van der Waals surface area (Å²) < 4.78 is 34.0. The molecule has 1 aliphatic carbocycles. The minimum absolute atomic E-state index is 0.0155. The minimum atomic E-state index is -4.69. The summed E-state index contributed by atoms with van der Waals surface area (Å²) in [7, 11) is 1.04. The molecule has 0 radical (unpaired) electrons. The number of phosphoric ester groups is 1. The molecule has 370 valence electrons. The second-order valence-electron chi connectivity index (χ2n) is 18.8. The molecule has 0 aliphatic heterocycles. The fourth-order valence-corrected chi connectivity index (χ4v) is 8.19. The highest BCUT2D eigenvalue weighted by molar-refractivity contribution is 7.45. The molecule has 11 nitrogen and oxygen atoms in total. The van der Waals surface area contributed by atoms with Crippen LogP contribution < -0.4 is 4.89 Å². The van der Waals surface area contributed by atoms with Crippen LogP contribution in [0.15, 0.2) is 48.6 Å². The van der Waals surface area contributed by atoms with Gasteiger partial charge in [0, 0.05) is 18.8 Å². The van der Waals surface area contributed by atoms with Gasteiger partial charge in [-0.25, -0.2) is 0 Å². The summed E-state index contributed by atoms with van der Waals surface area (Å²) in [6.45, 7) is 3.91. The molecule has 0 aromatic heterocycles. The van der Waals surface area contributed by atoms with E-state index in [1.165, 1.54) is 96.3 Å². The van der Waals surface area contributed by atoms with Gasteiger partial charge in [-0.15, -0.1) is 0 Å². The van der Waals surface area contributed by atoms with Gasteiger partial charge in [0.05, 0.1) is 33.9 Å². The summed E-state index contributed by atoms with van der Waals surface area (Å²) in [6, 6.07) is 0. The first-order valence-corrected chi connectivity index (χ1v) is 26.9. The maximum absolute atomic E-state index is 12.8. The van der Waals surface area contributed by atoms with Crippen LogP contribution in [-0.4, -0.2) is 87.0 Å². The van der Waals surface area contributed by atoms with E-state index in [0.717, 1.165) is 38.5 Å². The van der Waals surface area contributed by atoms with Gasteiger partial charge in [0.25, 0.3) is 7.82 Å². The van der Waals surface area contributed by atoms with Crippen LogP contribution in [0.3, 0.4) is 0 Å². The number of esters is 2. The number of likely N-dealkylation sites (N-methyl/N-ethyl adjacent to an activating group) is 1. The summed E-state index contributed by atoms with van der Waals surface area (Å²) in [5.41, 5.74) is 0. The molecule has 5 atom stereocenters. The maximum atomic E-state index is 12.8. The normalized spacial score (nSPS) is 17.5. The van der Waals surface area contributed by atoms with Crippen LogP contribution >= 0.6 is 7.82 Å². The molecule has 12 heteroatoms. The van der Waals surface area contributed by atoms with E-state index in [-0.39, 0.29) is 43.7 Å². The third kappa shape index (κ3) is 35.8. The number of ether oxygens (including phenoxy) is 2. The minimum Gasteiger partial charge on any atom is -0.756 e. The van der Waals surface area contributed by atoms with Crippen molar-refractivity contribution in [1.29, 1.82) is 0 Å². The monoisotopic (exact) mass is 922 g/mol. The number of hydrogen-bond donors (Lipinski definition) is 1. The molecule has 1 aliphatic rings. The van der Waals surface area contributed by atoms with E-state index in [1.54, 1.807) is 12.2 Å². The molecule has 1 N–H and O–H groups in total. The van der Waals surface area contributed by atoms with Crippen molar-refractivity contribution in [1.82, 2.24) is 0 Å². The highest BCUT2D eigenvalue weighted by Crippen LogP contribution is 2.38. The van der Waals surface area contributed by atoms with Crippen molar-refractivity contribution in [3.8, 4) is 0 Å². The van der Waals surface area contributed by atoms with Gasteiger partial charge in [0.1, 0.15) is 19.8 Å². The number of carbonyl (C=O) groups excluding carboxylic acids is 3. The van der Waals surface area contributed by atoms with Crippen molar-refractivity contribution in [2.75, 3.05) is 47.5 Å². The Labute approximate surface area is 390 Å². The average molecular weight is 922 g/mol. The van der Waals surface area contributed by atoms with Gasteiger partial charge in [-0.3, -0.25) is 18.9 Å². The van der Waals surface area contributed by atoms with Gasteiger partial charge >= 0.3 is 11.9 Å². The Kier molecular flexibility index (Phi) is 36.0. The van der Waals surface area contributed by atoms with Crippen LogP contribution in [0.5, 0.6) is 0 Å². The molecule has 64 heavy (non-hydrogen) atoms. The molecule has 1 unspecified atom stereocenters. The Balaban J connectivity index is 2.36. The molecule has 0 bridgehead atoms. The number of carbonyl (C=O) groups is 3. The van der Waals surface area contributed by atoms with Crippen LogP contribution in [0.2, 0.25) is 0 Å². The number of aliphatic hydroxyl groups is 1. The number of rotatable bonds is 43. The lowest BCUT2D eigenvalue weighted by Gasteiger charge is -2.28. The van der Waals surface area contributed by atoms with Gasteiger partial charge < -0.3 is 33.0 Å². The largest absolute Gasteiger partial charge is 0.756 e. The molecule has 0 aromatic rings. The Morgan fingerprint density at radius 2 is 1.25 bits per heavy atom. The molecule has 0 aromatic carbocycles. The lowest BCUT2D eigenvalue weighted by Crippen LogP contribution is -2.37. The third-order valence-electron chi connectivity index (χ3n) is 11.6. The molecule has 0 fully saturated rings. The number of ketones is 1. The zero-order valence-corrected chi connectivity index (χ0v) is 42.0. The molecule has 0 saturated carbocycles. The lowest BCUT2D eigenvalue weighted by atomic mass is 9.90. The Morgan fingerprint density at radius 1 is 0.719 bits per heavy atom. The topological polar surface area (TPSA) is 148 Å². The molecule has 0 spiro atoms. The van der Waals surface area contributed by atoms with E-state index in [9.17, 15) is 28.9 Å². The molecule has 0 saturated heterocycles. The quantitative estimate of drug-likeness (QED) is 0.0206. The maximum Gasteiger partial charge on any atom is 0.306 e. The summed E-state index contributed by atoms with van der Waals surface area (Å²) >= 11 is 0. The van der Waals surface area contributed by atoms with E-state index < -0.39 is 38.6 Å². The number of unbranched alkanes of at least 4 members (excludes halogenated alkanes) is 20. The first-order valence-electron chi connectivity index (χ1n) is 25.4. The fraction of sp³-hybridized carbons (Fsp3) is 0.788. The van der Waals surface area contributed by atoms with Crippen LogP contribution in [0.4, 0.5) is 0 Å². The van der Waals surface area contributed by atoms with Gasteiger partial charge in [0.15, 0.2) is 11.9 Å². The lowest BCUT2D eigenvalue weighted by molar-refractivity contribution is -0.870. The predicted octanol–water partition coefficient (Wildman–Crippen LogP) is 12.0. The van der Waals surface area contributed by atoms with Gasteiger partial charge in [-0.2, -0.15) is 0 Å². The number of nitrogens with zero attached hydrogens (tertiary/aromatic N) is 1. The van der Waals surface area contributed by atoms with E-state index in [0.29, 0.717) is 43.1 Å². The van der Waals surface area contributed by atoms with Crippen molar-refractivity contribution < 1.29 is 52.0 Å². The average Bonchev–Trinajstić information content (AvgIpc) is 3.60. The third-order valence-corrected chi connectivity index (χ3v) is 12.5. The summed E-state index contributed by atoms with van der Waals surface area (Å²) in [4.78, 5) is 50.3. The van der Waals surface area contributed by atoms with Crippen LogP contribution in [0, 0.1) is 11.8 Å². The van der Waals surface area contributed by atoms with Crippen molar-refractivity contribution in [3.63, 3.8) is 0 Å². The van der Waals surface area contributed by atoms with Gasteiger partial charge in [-0.1, -0.05) is 166 Å². The second-order valence-corrected chi connectivity index (χ2v) is 20.2.